The first-order valence-electron chi connectivity index (χ1n) is 11.0. The molecule has 2 saturated carbocycles. The predicted molar refractivity (Wildman–Crippen MR) is 104 cm³/mol. The third-order valence-corrected chi connectivity index (χ3v) is 8.08. The van der Waals surface area contributed by atoms with Gasteiger partial charge in [-0.3, -0.25) is 9.69 Å². The number of Topliss-reactive ketones (excluding diaryl/α,β-unsaturated/α-hetero) is 1. The standard InChI is InChI=1S/C23H29NO4/c1-2-11-27-23-8-7-17(26)21-22(23)9-10-24(13-14-3-4-14)18(23)12-15-5-6-16(25)20(28-21)19(15)22/h5-6,14,18,21,25H,2-4,7-13H2,1H3/t18-,21+,22+,23-/m1/s1. The molecule has 5 heteroatoms. The van der Waals surface area contributed by atoms with E-state index < -0.39 is 11.5 Å². The van der Waals surface area contributed by atoms with Gasteiger partial charge in [0.1, 0.15) is 0 Å². The van der Waals surface area contributed by atoms with Crippen LogP contribution in [0.2, 0.25) is 0 Å². The van der Waals surface area contributed by atoms with E-state index in [2.05, 4.69) is 17.9 Å². The molecule has 2 bridgehead atoms. The second-order valence-electron chi connectivity index (χ2n) is 9.53. The van der Waals surface area contributed by atoms with Crippen molar-refractivity contribution in [2.24, 2.45) is 5.92 Å². The summed E-state index contributed by atoms with van der Waals surface area (Å²) < 4.78 is 13.1. The van der Waals surface area contributed by atoms with E-state index in [0.717, 1.165) is 50.3 Å². The largest absolute Gasteiger partial charge is 0.504 e. The number of hydrogen-bond donors (Lipinski definition) is 1. The Morgan fingerprint density at radius 2 is 2.18 bits per heavy atom. The summed E-state index contributed by atoms with van der Waals surface area (Å²) in [6.45, 7) is 4.99. The number of phenols is 1. The van der Waals surface area contributed by atoms with Crippen LogP contribution in [-0.2, 0) is 21.4 Å². The quantitative estimate of drug-likeness (QED) is 0.847. The van der Waals surface area contributed by atoms with E-state index in [-0.39, 0.29) is 23.2 Å². The number of ketones is 1. The molecule has 0 unspecified atom stereocenters. The van der Waals surface area contributed by atoms with Gasteiger partial charge in [0.25, 0.3) is 0 Å². The van der Waals surface area contributed by atoms with Gasteiger partial charge in [-0.1, -0.05) is 13.0 Å². The Morgan fingerprint density at radius 1 is 1.32 bits per heavy atom. The fraction of sp³-hybridized carbons (Fsp3) is 0.696. The summed E-state index contributed by atoms with van der Waals surface area (Å²) in [4.78, 5) is 15.7. The van der Waals surface area contributed by atoms with Crippen LogP contribution in [0.4, 0.5) is 0 Å². The van der Waals surface area contributed by atoms with Crippen molar-refractivity contribution < 1.29 is 19.4 Å². The number of piperidine rings is 1. The number of rotatable bonds is 5. The van der Waals surface area contributed by atoms with Crippen LogP contribution in [0.1, 0.15) is 56.6 Å². The number of hydrogen-bond acceptors (Lipinski definition) is 5. The van der Waals surface area contributed by atoms with Crippen molar-refractivity contribution >= 4 is 5.78 Å². The van der Waals surface area contributed by atoms with Gasteiger partial charge in [0.15, 0.2) is 23.4 Å². The van der Waals surface area contributed by atoms with Gasteiger partial charge >= 0.3 is 0 Å². The molecule has 2 aliphatic heterocycles. The number of likely N-dealkylation sites (tertiary alicyclic amines) is 1. The lowest BCUT2D eigenvalue weighted by Crippen LogP contribution is -2.77. The van der Waals surface area contributed by atoms with Crippen LogP contribution in [0.25, 0.3) is 0 Å². The van der Waals surface area contributed by atoms with E-state index >= 15 is 0 Å². The Labute approximate surface area is 166 Å². The van der Waals surface area contributed by atoms with Gasteiger partial charge in [0.2, 0.25) is 0 Å². The van der Waals surface area contributed by atoms with Crippen molar-refractivity contribution in [2.75, 3.05) is 19.7 Å². The van der Waals surface area contributed by atoms with E-state index in [0.29, 0.717) is 18.8 Å². The van der Waals surface area contributed by atoms with Crippen LogP contribution in [0.3, 0.4) is 0 Å². The van der Waals surface area contributed by atoms with Gasteiger partial charge < -0.3 is 14.6 Å². The Balaban J connectivity index is 1.57. The van der Waals surface area contributed by atoms with Crippen LogP contribution < -0.4 is 4.74 Å². The number of aromatic hydroxyl groups is 1. The summed E-state index contributed by atoms with van der Waals surface area (Å²) in [6, 6.07) is 4.08. The number of carbonyl (C=O) groups excluding carboxylic acids is 1. The second-order valence-corrected chi connectivity index (χ2v) is 9.53. The molecule has 4 atom stereocenters. The zero-order valence-electron chi connectivity index (χ0n) is 16.6. The molecular formula is C23H29NO4. The third-order valence-electron chi connectivity index (χ3n) is 8.08. The molecule has 5 nitrogen and oxygen atoms in total. The van der Waals surface area contributed by atoms with Crippen molar-refractivity contribution in [1.29, 1.82) is 0 Å². The zero-order chi connectivity index (χ0) is 19.1. The van der Waals surface area contributed by atoms with Crippen molar-refractivity contribution in [3.63, 3.8) is 0 Å². The van der Waals surface area contributed by atoms with Crippen molar-refractivity contribution in [3.05, 3.63) is 23.3 Å². The maximum absolute atomic E-state index is 13.0. The molecule has 150 valence electrons. The molecule has 1 saturated heterocycles. The Kier molecular flexibility index (Phi) is 3.54. The van der Waals surface area contributed by atoms with Crippen LogP contribution in [0, 0.1) is 5.92 Å². The van der Waals surface area contributed by atoms with Gasteiger partial charge in [0.05, 0.1) is 11.0 Å². The van der Waals surface area contributed by atoms with Gasteiger partial charge in [-0.05, 0) is 62.6 Å². The minimum absolute atomic E-state index is 0.165. The molecule has 1 N–H and O–H groups in total. The molecule has 6 rings (SSSR count). The first-order chi connectivity index (χ1) is 13.6. The highest BCUT2D eigenvalue weighted by molar-refractivity contribution is 5.90. The fourth-order valence-corrected chi connectivity index (χ4v) is 6.81. The summed E-state index contributed by atoms with van der Waals surface area (Å²) in [5, 5.41) is 10.5. The Hall–Kier alpha value is -1.59. The maximum Gasteiger partial charge on any atom is 0.174 e. The van der Waals surface area contributed by atoms with Crippen molar-refractivity contribution in [2.45, 2.75) is 75.0 Å². The average molecular weight is 383 g/mol. The lowest BCUT2D eigenvalue weighted by Gasteiger charge is -2.64. The predicted octanol–water partition coefficient (Wildman–Crippen LogP) is 2.96. The molecule has 1 spiro atoms. The van der Waals surface area contributed by atoms with E-state index in [4.69, 9.17) is 9.47 Å². The minimum atomic E-state index is -0.508. The highest BCUT2D eigenvalue weighted by Gasteiger charge is 2.74. The molecule has 0 radical (unpaired) electrons. The topological polar surface area (TPSA) is 59.0 Å². The lowest BCUT2D eigenvalue weighted by atomic mass is 9.48. The van der Waals surface area contributed by atoms with Gasteiger partial charge in [0, 0.05) is 31.2 Å². The number of nitrogens with zero attached hydrogens (tertiary/aromatic N) is 1. The summed E-state index contributed by atoms with van der Waals surface area (Å²) in [6.07, 6.45) is 6.22. The molecule has 0 amide bonds. The van der Waals surface area contributed by atoms with E-state index in [1.807, 2.05) is 0 Å². The van der Waals surface area contributed by atoms with Gasteiger partial charge in [-0.25, -0.2) is 0 Å². The van der Waals surface area contributed by atoms with Crippen LogP contribution in [-0.4, -0.2) is 53.2 Å². The van der Waals surface area contributed by atoms with Crippen LogP contribution >= 0.6 is 0 Å². The highest BCUT2D eigenvalue weighted by Crippen LogP contribution is 2.66. The smallest absolute Gasteiger partial charge is 0.174 e. The summed E-state index contributed by atoms with van der Waals surface area (Å²) in [5.74, 6) is 1.72. The van der Waals surface area contributed by atoms with Gasteiger partial charge in [-0.2, -0.15) is 0 Å². The molecule has 0 aromatic heterocycles. The highest BCUT2D eigenvalue weighted by atomic mass is 16.5. The maximum atomic E-state index is 13.0. The number of benzene rings is 1. The van der Waals surface area contributed by atoms with Crippen molar-refractivity contribution in [1.82, 2.24) is 4.90 Å². The summed E-state index contributed by atoms with van der Waals surface area (Å²) in [7, 11) is 0. The lowest BCUT2D eigenvalue weighted by molar-refractivity contribution is -0.213. The summed E-state index contributed by atoms with van der Waals surface area (Å²) in [5.41, 5.74) is 1.50. The van der Waals surface area contributed by atoms with Crippen LogP contribution in [0.5, 0.6) is 11.5 Å². The first kappa shape index (κ1) is 17.3. The molecule has 1 aromatic carbocycles. The minimum Gasteiger partial charge on any atom is -0.504 e. The van der Waals surface area contributed by atoms with E-state index in [1.54, 1.807) is 6.07 Å². The van der Waals surface area contributed by atoms with Crippen molar-refractivity contribution in [3.8, 4) is 11.5 Å². The summed E-state index contributed by atoms with van der Waals surface area (Å²) >= 11 is 0. The molecular weight excluding hydrogens is 354 g/mol. The molecule has 28 heavy (non-hydrogen) atoms. The Morgan fingerprint density at radius 3 is 2.96 bits per heavy atom. The number of phenolic OH excluding ortho intramolecular Hbond substituents is 1. The Bertz CT molecular complexity index is 849. The molecule has 3 aliphatic carbocycles. The van der Waals surface area contributed by atoms with E-state index in [1.165, 1.54) is 18.4 Å². The molecule has 3 fully saturated rings. The third kappa shape index (κ3) is 1.97. The number of carbonyl (C=O) groups is 1. The first-order valence-corrected chi connectivity index (χ1v) is 11.0. The molecule has 5 aliphatic rings. The molecule has 2 heterocycles. The van der Waals surface area contributed by atoms with E-state index in [9.17, 15) is 9.90 Å². The van der Waals surface area contributed by atoms with Gasteiger partial charge in [-0.15, -0.1) is 0 Å². The average Bonchev–Trinajstić information content (AvgIpc) is 3.43. The second kappa shape index (κ2) is 5.73. The monoisotopic (exact) mass is 383 g/mol. The number of ether oxygens (including phenoxy) is 2. The van der Waals surface area contributed by atoms with Crippen LogP contribution in [0.15, 0.2) is 12.1 Å². The normalized spacial score (nSPS) is 38.2. The zero-order valence-corrected chi connectivity index (χ0v) is 16.6. The SMILES string of the molecule is CCCO[C@@]12CCC(=O)[C@@H]3Oc4c(O)ccc5c4[C@@]31CCN(CC1CC1)[C@@H]2C5. The molecule has 1 aromatic rings. The fourth-order valence-electron chi connectivity index (χ4n) is 6.81.